The van der Waals surface area contributed by atoms with Gasteiger partial charge in [-0.2, -0.15) is 5.26 Å². The Bertz CT molecular complexity index is 1210. The van der Waals surface area contributed by atoms with Crippen LogP contribution in [0.2, 0.25) is 0 Å². The molecule has 2 aromatic carbocycles. The number of para-hydroxylation sites is 2. The fraction of sp³-hybridized carbons (Fsp3) is 0.217. The Morgan fingerprint density at radius 1 is 0.968 bits per heavy atom. The zero-order valence-corrected chi connectivity index (χ0v) is 17.7. The number of hydrogen-bond donors (Lipinski definition) is 2. The van der Waals surface area contributed by atoms with E-state index in [0.29, 0.717) is 28.0 Å². The van der Waals surface area contributed by atoms with E-state index < -0.39 is 0 Å². The number of fused-ring (bicyclic) bond motifs is 1. The molecule has 0 atom stereocenters. The minimum Gasteiger partial charge on any atom is -0.353 e. The highest BCUT2D eigenvalue weighted by Crippen LogP contribution is 2.32. The largest absolute Gasteiger partial charge is 0.353 e. The van der Waals surface area contributed by atoms with Gasteiger partial charge in [-0.05, 0) is 12.1 Å². The van der Waals surface area contributed by atoms with Crippen molar-refractivity contribution in [2.24, 2.45) is 0 Å². The second-order valence-corrected chi connectivity index (χ2v) is 8.20. The first-order valence-corrected chi connectivity index (χ1v) is 11.2. The Hall–Kier alpha value is -3.41. The van der Waals surface area contributed by atoms with Crippen LogP contribution < -0.4 is 10.2 Å². The fourth-order valence-electron chi connectivity index (χ4n) is 3.71. The highest BCUT2D eigenvalue weighted by Gasteiger charge is 2.22. The van der Waals surface area contributed by atoms with Crippen molar-refractivity contribution in [3.63, 3.8) is 0 Å². The van der Waals surface area contributed by atoms with Crippen molar-refractivity contribution in [3.05, 3.63) is 66.0 Å². The number of thioether (sulfide) groups is 1. The molecule has 2 N–H and O–H groups in total. The lowest BCUT2D eigenvalue weighted by molar-refractivity contribution is 0.582. The zero-order valence-electron chi connectivity index (χ0n) is 16.9. The van der Waals surface area contributed by atoms with Gasteiger partial charge in [-0.15, -0.1) is 0 Å². The van der Waals surface area contributed by atoms with Crippen LogP contribution in [-0.2, 0) is 5.75 Å². The van der Waals surface area contributed by atoms with Gasteiger partial charge in [0, 0.05) is 31.7 Å². The predicted octanol–water partition coefficient (Wildman–Crippen LogP) is 3.59. The Kier molecular flexibility index (Phi) is 5.52. The summed E-state index contributed by atoms with van der Waals surface area (Å²) < 4.78 is 0. The van der Waals surface area contributed by atoms with Gasteiger partial charge in [-0.3, -0.25) is 0 Å². The molecule has 1 aliphatic rings. The predicted molar refractivity (Wildman–Crippen MR) is 123 cm³/mol. The van der Waals surface area contributed by atoms with E-state index >= 15 is 0 Å². The van der Waals surface area contributed by atoms with Gasteiger partial charge in [0.25, 0.3) is 0 Å². The summed E-state index contributed by atoms with van der Waals surface area (Å²) in [5.74, 6) is 2.21. The molecule has 1 saturated heterocycles. The molecule has 4 aromatic rings. The van der Waals surface area contributed by atoms with Crippen molar-refractivity contribution in [2.75, 3.05) is 31.1 Å². The van der Waals surface area contributed by atoms with Crippen LogP contribution in [0.5, 0.6) is 0 Å². The molecule has 1 fully saturated rings. The summed E-state index contributed by atoms with van der Waals surface area (Å²) in [6.45, 7) is 3.37. The molecule has 31 heavy (non-hydrogen) atoms. The normalized spacial score (nSPS) is 14.0. The third-order valence-corrected chi connectivity index (χ3v) is 6.08. The van der Waals surface area contributed by atoms with Crippen molar-refractivity contribution in [1.82, 2.24) is 25.3 Å². The standard InChI is InChI=1S/C23H21N7S/c24-14-17-21(16-6-2-1-3-7-16)28-23(29-22(17)30-12-10-25-11-13-30)31-15-20-26-18-8-4-5-9-19(18)27-20/h1-9,25H,10-13,15H2,(H,26,27). The molecule has 0 spiro atoms. The molecule has 5 rings (SSSR count). The summed E-state index contributed by atoms with van der Waals surface area (Å²) in [4.78, 5) is 19.8. The number of H-pyrrole nitrogens is 1. The number of nitrogens with one attached hydrogen (secondary N) is 2. The SMILES string of the molecule is N#Cc1c(-c2ccccc2)nc(SCc2nc3ccccc3[nH]2)nc1N1CCNCC1. The van der Waals surface area contributed by atoms with Crippen LogP contribution >= 0.6 is 11.8 Å². The minimum absolute atomic E-state index is 0.529. The van der Waals surface area contributed by atoms with Crippen molar-refractivity contribution in [1.29, 1.82) is 5.26 Å². The number of anilines is 1. The first-order chi connectivity index (χ1) is 15.3. The number of nitriles is 1. The van der Waals surface area contributed by atoms with Crippen LogP contribution in [0.15, 0.2) is 59.8 Å². The molecular weight excluding hydrogens is 406 g/mol. The summed E-state index contributed by atoms with van der Waals surface area (Å²) in [5.41, 5.74) is 4.10. The van der Waals surface area contributed by atoms with E-state index in [1.165, 1.54) is 11.8 Å². The van der Waals surface area contributed by atoms with E-state index in [0.717, 1.165) is 48.6 Å². The number of benzene rings is 2. The number of aromatic nitrogens is 4. The Morgan fingerprint density at radius 2 is 1.74 bits per heavy atom. The molecule has 1 aliphatic heterocycles. The summed E-state index contributed by atoms with van der Waals surface area (Å²) in [7, 11) is 0. The van der Waals surface area contributed by atoms with Crippen molar-refractivity contribution in [3.8, 4) is 17.3 Å². The number of aromatic amines is 1. The van der Waals surface area contributed by atoms with Gasteiger partial charge >= 0.3 is 0 Å². The molecular formula is C23H21N7S. The molecule has 3 heterocycles. The summed E-state index contributed by atoms with van der Waals surface area (Å²) in [6, 6.07) is 20.2. The minimum atomic E-state index is 0.529. The topological polar surface area (TPSA) is 93.5 Å². The van der Waals surface area contributed by atoms with Gasteiger partial charge in [0.05, 0.1) is 22.5 Å². The Labute approximate surface area is 184 Å². The summed E-state index contributed by atoms with van der Waals surface area (Å²) in [6.07, 6.45) is 0. The van der Waals surface area contributed by atoms with Crippen LogP contribution in [0.25, 0.3) is 22.3 Å². The summed E-state index contributed by atoms with van der Waals surface area (Å²) in [5, 5.41) is 14.0. The molecule has 7 nitrogen and oxygen atoms in total. The number of piperazine rings is 1. The lowest BCUT2D eigenvalue weighted by Crippen LogP contribution is -2.44. The zero-order chi connectivity index (χ0) is 21.0. The third-order valence-electron chi connectivity index (χ3n) is 5.22. The molecule has 0 radical (unpaired) electrons. The molecule has 0 amide bonds. The maximum atomic E-state index is 9.98. The molecule has 8 heteroatoms. The van der Waals surface area contributed by atoms with Gasteiger partial charge < -0.3 is 15.2 Å². The van der Waals surface area contributed by atoms with Gasteiger partial charge in [0.1, 0.15) is 17.5 Å². The maximum absolute atomic E-state index is 9.98. The summed E-state index contributed by atoms with van der Waals surface area (Å²) >= 11 is 1.53. The van der Waals surface area contributed by atoms with Gasteiger partial charge in [-0.1, -0.05) is 54.2 Å². The van der Waals surface area contributed by atoms with Crippen molar-refractivity contribution in [2.45, 2.75) is 10.9 Å². The molecule has 154 valence electrons. The smallest absolute Gasteiger partial charge is 0.190 e. The second kappa shape index (κ2) is 8.76. The number of imidazole rings is 1. The molecule has 0 saturated carbocycles. The first kappa shape index (κ1) is 19.5. The highest BCUT2D eigenvalue weighted by molar-refractivity contribution is 7.98. The monoisotopic (exact) mass is 427 g/mol. The van der Waals surface area contributed by atoms with E-state index in [-0.39, 0.29) is 0 Å². The Balaban J connectivity index is 1.52. The van der Waals surface area contributed by atoms with Gasteiger partial charge in [0.15, 0.2) is 11.0 Å². The molecule has 2 aromatic heterocycles. The van der Waals surface area contributed by atoms with Gasteiger partial charge in [0.2, 0.25) is 0 Å². The van der Waals surface area contributed by atoms with Gasteiger partial charge in [-0.25, -0.2) is 15.0 Å². The van der Waals surface area contributed by atoms with Crippen molar-refractivity contribution < 1.29 is 0 Å². The molecule has 0 aliphatic carbocycles. The van der Waals surface area contributed by atoms with Crippen LogP contribution in [0.3, 0.4) is 0 Å². The third kappa shape index (κ3) is 4.10. The lowest BCUT2D eigenvalue weighted by Gasteiger charge is -2.29. The van der Waals surface area contributed by atoms with E-state index in [1.807, 2.05) is 54.6 Å². The van der Waals surface area contributed by atoms with Crippen LogP contribution in [-0.4, -0.2) is 46.1 Å². The Morgan fingerprint density at radius 3 is 2.52 bits per heavy atom. The van der Waals surface area contributed by atoms with E-state index in [4.69, 9.17) is 9.97 Å². The highest BCUT2D eigenvalue weighted by atomic mass is 32.2. The molecule has 0 unspecified atom stereocenters. The molecule has 0 bridgehead atoms. The number of hydrogen-bond acceptors (Lipinski definition) is 7. The maximum Gasteiger partial charge on any atom is 0.190 e. The first-order valence-electron chi connectivity index (χ1n) is 10.2. The van der Waals surface area contributed by atoms with E-state index in [1.54, 1.807) is 0 Å². The quantitative estimate of drug-likeness (QED) is 0.371. The number of rotatable bonds is 5. The van der Waals surface area contributed by atoms with E-state index in [2.05, 4.69) is 26.3 Å². The van der Waals surface area contributed by atoms with E-state index in [9.17, 15) is 5.26 Å². The van der Waals surface area contributed by atoms with Crippen molar-refractivity contribution >= 4 is 28.6 Å². The van der Waals surface area contributed by atoms with Crippen LogP contribution in [0.1, 0.15) is 11.4 Å². The van der Waals surface area contributed by atoms with Crippen LogP contribution in [0.4, 0.5) is 5.82 Å². The fourth-order valence-corrected chi connectivity index (χ4v) is 4.42. The lowest BCUT2D eigenvalue weighted by atomic mass is 10.1. The number of nitrogens with zero attached hydrogens (tertiary/aromatic N) is 5. The average molecular weight is 428 g/mol. The average Bonchev–Trinajstić information content (AvgIpc) is 3.26. The second-order valence-electron chi connectivity index (χ2n) is 7.26. The van der Waals surface area contributed by atoms with Crippen LogP contribution in [0, 0.1) is 11.3 Å².